The Labute approximate surface area is 132 Å². The molecular weight excluding hydrogens is 274 g/mol. The molecule has 3 fully saturated rings. The molecule has 0 bridgehead atoms. The zero-order valence-corrected chi connectivity index (χ0v) is 13.8. The zero-order chi connectivity index (χ0) is 15.7. The van der Waals surface area contributed by atoms with Crippen molar-refractivity contribution in [2.45, 2.75) is 65.2 Å². The number of hydrogen-bond acceptors (Lipinski definition) is 3. The Morgan fingerprint density at radius 2 is 1.64 bits per heavy atom. The van der Waals surface area contributed by atoms with Crippen LogP contribution < -0.4 is 5.73 Å². The van der Waals surface area contributed by atoms with Gasteiger partial charge in [0.15, 0.2) is 5.78 Å². The predicted octanol–water partition coefficient (Wildman–Crippen LogP) is 3.37. The lowest BCUT2D eigenvalue weighted by Gasteiger charge is -2.57. The second-order valence-corrected chi connectivity index (χ2v) is 8.57. The van der Waals surface area contributed by atoms with Crippen molar-refractivity contribution >= 4 is 11.6 Å². The van der Waals surface area contributed by atoms with Gasteiger partial charge >= 0.3 is 0 Å². The second-order valence-electron chi connectivity index (χ2n) is 8.57. The highest BCUT2D eigenvalue weighted by atomic mass is 16.1. The number of fused-ring (bicyclic) bond motifs is 5. The van der Waals surface area contributed by atoms with E-state index in [1.165, 1.54) is 5.57 Å². The average Bonchev–Trinajstić information content (AvgIpc) is 2.79. The lowest BCUT2D eigenvalue weighted by atomic mass is 9.47. The number of Topliss-reactive ketones (excluding diaryl/α,β-unsaturated/α-hetero) is 2. The fourth-order valence-corrected chi connectivity index (χ4v) is 6.53. The number of allylic oxidation sites excluding steroid dienone is 1. The molecule has 0 amide bonds. The molecule has 0 aromatic heterocycles. The first-order valence-electron chi connectivity index (χ1n) is 8.93. The summed E-state index contributed by atoms with van der Waals surface area (Å²) >= 11 is 0. The summed E-state index contributed by atoms with van der Waals surface area (Å²) in [4.78, 5) is 24.4. The first kappa shape index (κ1) is 14.5. The van der Waals surface area contributed by atoms with Crippen LogP contribution in [0.3, 0.4) is 0 Å². The van der Waals surface area contributed by atoms with Crippen LogP contribution in [0.15, 0.2) is 11.3 Å². The van der Waals surface area contributed by atoms with Crippen LogP contribution in [0, 0.1) is 28.6 Å². The standard InChI is InChI=1S/C19H27NO2/c1-18-10-8-15(21)17(20)14(18)4-3-11-12-5-6-16(22)19(12,2)9-7-13(11)18/h11-13H,3-10,20H2,1-2H3/t11-,12-,13-,18+,19-/m0/s1. The summed E-state index contributed by atoms with van der Waals surface area (Å²) in [7, 11) is 0. The van der Waals surface area contributed by atoms with Gasteiger partial charge in [0.1, 0.15) is 5.78 Å². The predicted molar refractivity (Wildman–Crippen MR) is 84.8 cm³/mol. The molecule has 4 aliphatic carbocycles. The second kappa shape index (κ2) is 4.46. The summed E-state index contributed by atoms with van der Waals surface area (Å²) in [6, 6.07) is 0. The molecule has 3 nitrogen and oxygen atoms in total. The van der Waals surface area contributed by atoms with Crippen LogP contribution in [-0.4, -0.2) is 11.6 Å². The van der Waals surface area contributed by atoms with Gasteiger partial charge in [-0.25, -0.2) is 0 Å². The highest BCUT2D eigenvalue weighted by Crippen LogP contribution is 2.64. The molecule has 0 spiro atoms. The van der Waals surface area contributed by atoms with Crippen molar-refractivity contribution in [2.24, 2.45) is 34.3 Å². The lowest BCUT2D eigenvalue weighted by Crippen LogP contribution is -2.51. The van der Waals surface area contributed by atoms with E-state index in [4.69, 9.17) is 5.73 Å². The van der Waals surface area contributed by atoms with Crippen LogP contribution in [0.4, 0.5) is 0 Å². The van der Waals surface area contributed by atoms with Crippen LogP contribution in [0.1, 0.15) is 65.2 Å². The van der Waals surface area contributed by atoms with Crippen molar-refractivity contribution in [2.75, 3.05) is 0 Å². The number of carbonyl (C=O) groups is 2. The monoisotopic (exact) mass is 301 g/mol. The minimum absolute atomic E-state index is 0.0607. The number of ketones is 2. The van der Waals surface area contributed by atoms with Crippen molar-refractivity contribution in [3.05, 3.63) is 11.3 Å². The van der Waals surface area contributed by atoms with E-state index >= 15 is 0 Å². The summed E-state index contributed by atoms with van der Waals surface area (Å²) in [5.74, 6) is 2.49. The number of nitrogens with two attached hydrogens (primary N) is 1. The molecular formula is C19H27NO2. The number of hydrogen-bond donors (Lipinski definition) is 1. The van der Waals surface area contributed by atoms with Crippen molar-refractivity contribution in [1.82, 2.24) is 0 Å². The first-order chi connectivity index (χ1) is 10.4. The molecule has 2 N–H and O–H groups in total. The van der Waals surface area contributed by atoms with Crippen molar-refractivity contribution < 1.29 is 9.59 Å². The van der Waals surface area contributed by atoms with Gasteiger partial charge in [0.05, 0.1) is 5.70 Å². The van der Waals surface area contributed by atoms with Crippen LogP contribution in [0.25, 0.3) is 0 Å². The minimum Gasteiger partial charge on any atom is -0.396 e. The van der Waals surface area contributed by atoms with E-state index in [0.717, 1.165) is 44.9 Å². The summed E-state index contributed by atoms with van der Waals surface area (Å²) in [5, 5.41) is 0. The molecule has 0 saturated heterocycles. The van der Waals surface area contributed by atoms with Crippen LogP contribution in [0.5, 0.6) is 0 Å². The van der Waals surface area contributed by atoms with Gasteiger partial charge in [-0.15, -0.1) is 0 Å². The maximum absolute atomic E-state index is 12.4. The highest BCUT2D eigenvalue weighted by molar-refractivity contribution is 5.96. The topological polar surface area (TPSA) is 60.2 Å². The van der Waals surface area contributed by atoms with E-state index in [9.17, 15) is 9.59 Å². The molecule has 0 aromatic carbocycles. The Balaban J connectivity index is 1.73. The quantitative estimate of drug-likeness (QED) is 0.746. The normalized spacial score (nSPS) is 48.0. The molecule has 4 aliphatic rings. The molecule has 3 saturated carbocycles. The van der Waals surface area contributed by atoms with Gasteiger partial charge in [-0.05, 0) is 67.3 Å². The molecule has 0 heterocycles. The largest absolute Gasteiger partial charge is 0.396 e. The molecule has 0 unspecified atom stereocenters. The molecule has 22 heavy (non-hydrogen) atoms. The van der Waals surface area contributed by atoms with E-state index in [-0.39, 0.29) is 16.6 Å². The molecule has 5 atom stereocenters. The minimum atomic E-state index is -0.0607. The third-order valence-electron chi connectivity index (χ3n) is 7.88. The van der Waals surface area contributed by atoms with E-state index in [0.29, 0.717) is 35.7 Å². The Bertz CT molecular complexity index is 592. The molecule has 0 radical (unpaired) electrons. The smallest absolute Gasteiger partial charge is 0.178 e. The molecule has 3 heteroatoms. The van der Waals surface area contributed by atoms with Gasteiger partial charge in [0.25, 0.3) is 0 Å². The summed E-state index contributed by atoms with van der Waals surface area (Å²) in [5.41, 5.74) is 8.04. The number of carbonyl (C=O) groups excluding carboxylic acids is 2. The fraction of sp³-hybridized carbons (Fsp3) is 0.789. The first-order valence-corrected chi connectivity index (χ1v) is 8.93. The Hall–Kier alpha value is -1.12. The summed E-state index contributed by atoms with van der Waals surface area (Å²) in [6.45, 7) is 4.56. The highest BCUT2D eigenvalue weighted by Gasteiger charge is 2.59. The van der Waals surface area contributed by atoms with Gasteiger partial charge in [0, 0.05) is 18.3 Å². The van der Waals surface area contributed by atoms with E-state index in [1.807, 2.05) is 0 Å². The summed E-state index contributed by atoms with van der Waals surface area (Å²) < 4.78 is 0. The maximum Gasteiger partial charge on any atom is 0.178 e. The summed E-state index contributed by atoms with van der Waals surface area (Å²) in [6.07, 6.45) is 7.69. The molecule has 0 aromatic rings. The average molecular weight is 301 g/mol. The SMILES string of the molecule is C[C@]12CCC(=O)C(N)=C1CC[C@@H]1[C@@H]2CC[C@]2(C)C(=O)CC[C@@H]12. The molecule has 120 valence electrons. The van der Waals surface area contributed by atoms with Crippen LogP contribution in [0.2, 0.25) is 0 Å². The van der Waals surface area contributed by atoms with Gasteiger partial charge < -0.3 is 5.73 Å². The fourth-order valence-electron chi connectivity index (χ4n) is 6.53. The van der Waals surface area contributed by atoms with Crippen LogP contribution in [-0.2, 0) is 9.59 Å². The third kappa shape index (κ3) is 1.63. The number of rotatable bonds is 0. The Kier molecular flexibility index (Phi) is 2.93. The lowest BCUT2D eigenvalue weighted by molar-refractivity contribution is -0.132. The van der Waals surface area contributed by atoms with E-state index in [2.05, 4.69) is 13.8 Å². The van der Waals surface area contributed by atoms with Gasteiger partial charge in [-0.2, -0.15) is 0 Å². The maximum atomic E-state index is 12.4. The van der Waals surface area contributed by atoms with Crippen molar-refractivity contribution in [3.63, 3.8) is 0 Å². The molecule has 4 rings (SSSR count). The van der Waals surface area contributed by atoms with E-state index < -0.39 is 0 Å². The van der Waals surface area contributed by atoms with Crippen molar-refractivity contribution in [1.29, 1.82) is 0 Å². The van der Waals surface area contributed by atoms with Gasteiger partial charge in [-0.3, -0.25) is 9.59 Å². The Morgan fingerprint density at radius 3 is 2.41 bits per heavy atom. The van der Waals surface area contributed by atoms with Crippen LogP contribution >= 0.6 is 0 Å². The Morgan fingerprint density at radius 1 is 0.909 bits per heavy atom. The third-order valence-corrected chi connectivity index (χ3v) is 7.88. The van der Waals surface area contributed by atoms with Crippen molar-refractivity contribution in [3.8, 4) is 0 Å². The van der Waals surface area contributed by atoms with Gasteiger partial charge in [0.2, 0.25) is 0 Å². The van der Waals surface area contributed by atoms with Gasteiger partial charge in [-0.1, -0.05) is 13.8 Å². The molecule has 0 aliphatic heterocycles. The van der Waals surface area contributed by atoms with E-state index in [1.54, 1.807) is 0 Å². The zero-order valence-electron chi connectivity index (χ0n) is 13.8.